The Balaban J connectivity index is 1.15. The Morgan fingerprint density at radius 2 is 1.82 bits per heavy atom. The number of carbonyl (C=O) groups excluding carboxylic acids is 2. The summed E-state index contributed by atoms with van der Waals surface area (Å²) < 4.78 is 41.7. The van der Waals surface area contributed by atoms with Crippen molar-refractivity contribution >= 4 is 28.5 Å². The molecule has 0 aliphatic carbocycles. The summed E-state index contributed by atoms with van der Waals surface area (Å²) in [7, 11) is 0. The molecule has 196 valence electrons. The van der Waals surface area contributed by atoms with Crippen molar-refractivity contribution < 1.29 is 27.5 Å². The molecule has 1 aliphatic rings. The minimum absolute atomic E-state index is 0.0407. The van der Waals surface area contributed by atoms with Gasteiger partial charge in [-0.3, -0.25) is 9.59 Å². The van der Waals surface area contributed by atoms with Crippen molar-refractivity contribution in [1.82, 2.24) is 19.9 Å². The van der Waals surface area contributed by atoms with Crippen LogP contribution in [0.1, 0.15) is 45.3 Å². The molecule has 4 heterocycles. The Morgan fingerprint density at radius 3 is 2.53 bits per heavy atom. The number of carbonyl (C=O) groups is 2. The standard InChI is InChI=1S/C27H24F3N5O3/c28-27(29,30)16-38-23-5-1-4-21(33-23)25(36)32-20-8-6-17(7-9-20)18-10-13-35(14-11-18)26(37)22-15-19-3-2-12-31-24(19)34-22/h1-9,12,15,18H,10-11,13-14,16H2,(H,31,34)(H,32,36). The average molecular weight is 524 g/mol. The van der Waals surface area contributed by atoms with Gasteiger partial charge in [0, 0.05) is 36.4 Å². The number of likely N-dealkylation sites (tertiary alicyclic amines) is 1. The lowest BCUT2D eigenvalue weighted by Crippen LogP contribution is -2.38. The van der Waals surface area contributed by atoms with Crippen LogP contribution in [0, 0.1) is 0 Å². The van der Waals surface area contributed by atoms with E-state index in [1.54, 1.807) is 18.3 Å². The number of anilines is 1. The lowest BCUT2D eigenvalue weighted by Gasteiger charge is -2.32. The Morgan fingerprint density at radius 1 is 1.05 bits per heavy atom. The third-order valence-electron chi connectivity index (χ3n) is 6.38. The molecule has 11 heteroatoms. The van der Waals surface area contributed by atoms with E-state index in [1.165, 1.54) is 18.2 Å². The van der Waals surface area contributed by atoms with Gasteiger partial charge >= 0.3 is 6.18 Å². The summed E-state index contributed by atoms with van der Waals surface area (Å²) in [5.41, 5.74) is 2.80. The fourth-order valence-electron chi connectivity index (χ4n) is 4.47. The van der Waals surface area contributed by atoms with Gasteiger partial charge in [-0.05, 0) is 60.7 Å². The van der Waals surface area contributed by atoms with E-state index in [-0.39, 0.29) is 23.4 Å². The lowest BCUT2D eigenvalue weighted by atomic mass is 9.89. The van der Waals surface area contributed by atoms with Gasteiger partial charge in [0.15, 0.2) is 6.61 Å². The maximum Gasteiger partial charge on any atom is 0.422 e. The molecule has 1 aliphatic heterocycles. The monoisotopic (exact) mass is 523 g/mol. The highest BCUT2D eigenvalue weighted by Crippen LogP contribution is 2.30. The molecule has 3 aromatic heterocycles. The number of aromatic nitrogens is 3. The van der Waals surface area contributed by atoms with E-state index in [1.807, 2.05) is 35.2 Å². The largest absolute Gasteiger partial charge is 0.468 e. The molecule has 2 N–H and O–H groups in total. The van der Waals surface area contributed by atoms with Crippen molar-refractivity contribution in [3.05, 3.63) is 83.8 Å². The summed E-state index contributed by atoms with van der Waals surface area (Å²) in [5, 5.41) is 3.60. The Bertz CT molecular complexity index is 1410. The van der Waals surface area contributed by atoms with Gasteiger partial charge in [0.25, 0.3) is 11.8 Å². The van der Waals surface area contributed by atoms with Crippen molar-refractivity contribution in [1.29, 1.82) is 0 Å². The van der Waals surface area contributed by atoms with Gasteiger partial charge in [0.2, 0.25) is 5.88 Å². The van der Waals surface area contributed by atoms with Crippen molar-refractivity contribution in [2.24, 2.45) is 0 Å². The van der Waals surface area contributed by atoms with E-state index < -0.39 is 18.7 Å². The number of H-pyrrole nitrogens is 1. The van der Waals surface area contributed by atoms with Gasteiger partial charge < -0.3 is 19.9 Å². The first kappa shape index (κ1) is 25.2. The number of nitrogens with one attached hydrogen (secondary N) is 2. The first-order valence-electron chi connectivity index (χ1n) is 12.1. The van der Waals surface area contributed by atoms with E-state index >= 15 is 0 Å². The number of fused-ring (bicyclic) bond motifs is 1. The SMILES string of the molecule is O=C(Nc1ccc(C2CCN(C(=O)c3cc4cccnc4[nH]3)CC2)cc1)c1cccc(OCC(F)(F)F)n1. The van der Waals surface area contributed by atoms with Gasteiger partial charge in [0.05, 0.1) is 0 Å². The number of ether oxygens (including phenoxy) is 1. The molecule has 4 aromatic rings. The quantitative estimate of drug-likeness (QED) is 0.363. The average Bonchev–Trinajstić information content (AvgIpc) is 3.36. The van der Waals surface area contributed by atoms with Gasteiger partial charge in [-0.25, -0.2) is 9.97 Å². The number of piperidine rings is 1. The third-order valence-corrected chi connectivity index (χ3v) is 6.38. The number of nitrogens with zero attached hydrogens (tertiary/aromatic N) is 3. The van der Waals surface area contributed by atoms with Crippen LogP contribution >= 0.6 is 0 Å². The van der Waals surface area contributed by atoms with Crippen molar-refractivity contribution in [2.75, 3.05) is 25.0 Å². The summed E-state index contributed by atoms with van der Waals surface area (Å²) >= 11 is 0. The number of pyridine rings is 2. The van der Waals surface area contributed by atoms with Gasteiger partial charge in [0.1, 0.15) is 17.0 Å². The number of amides is 2. The molecule has 0 unspecified atom stereocenters. The van der Waals surface area contributed by atoms with Crippen molar-refractivity contribution in [2.45, 2.75) is 24.9 Å². The second-order valence-corrected chi connectivity index (χ2v) is 9.03. The molecule has 38 heavy (non-hydrogen) atoms. The van der Waals surface area contributed by atoms with E-state index in [9.17, 15) is 22.8 Å². The number of hydrogen-bond donors (Lipinski definition) is 2. The van der Waals surface area contributed by atoms with Gasteiger partial charge in [-0.2, -0.15) is 13.2 Å². The fraction of sp³-hybridized carbons (Fsp3) is 0.259. The highest BCUT2D eigenvalue weighted by molar-refractivity contribution is 6.03. The minimum Gasteiger partial charge on any atom is -0.468 e. The van der Waals surface area contributed by atoms with Crippen molar-refractivity contribution in [3.8, 4) is 5.88 Å². The molecule has 2 amide bonds. The summed E-state index contributed by atoms with van der Waals surface area (Å²) in [6, 6.07) is 17.0. The second-order valence-electron chi connectivity index (χ2n) is 9.03. The van der Waals surface area contributed by atoms with Crippen LogP contribution in [0.4, 0.5) is 18.9 Å². The third kappa shape index (κ3) is 5.93. The van der Waals surface area contributed by atoms with Gasteiger partial charge in [-0.1, -0.05) is 18.2 Å². The predicted molar refractivity (Wildman–Crippen MR) is 134 cm³/mol. The fourth-order valence-corrected chi connectivity index (χ4v) is 4.47. The molecule has 0 bridgehead atoms. The number of aromatic amines is 1. The molecule has 0 atom stereocenters. The van der Waals surface area contributed by atoms with E-state index in [0.717, 1.165) is 23.8 Å². The molecule has 1 fully saturated rings. The second kappa shape index (κ2) is 10.5. The summed E-state index contributed by atoms with van der Waals surface area (Å²) in [4.78, 5) is 38.5. The maximum atomic E-state index is 12.9. The topological polar surface area (TPSA) is 100 Å². The maximum absolute atomic E-state index is 12.9. The van der Waals surface area contributed by atoms with E-state index in [2.05, 4.69) is 25.0 Å². The summed E-state index contributed by atoms with van der Waals surface area (Å²) in [6.07, 6.45) is -1.20. The number of rotatable bonds is 6. The van der Waals surface area contributed by atoms with E-state index in [0.29, 0.717) is 30.1 Å². The number of benzene rings is 1. The summed E-state index contributed by atoms with van der Waals surface area (Å²) in [6.45, 7) is -0.230. The molecule has 8 nitrogen and oxygen atoms in total. The molecule has 1 aromatic carbocycles. The Labute approximate surface area is 215 Å². The molecular weight excluding hydrogens is 499 g/mol. The molecule has 0 spiro atoms. The van der Waals surface area contributed by atoms with Crippen LogP contribution in [-0.2, 0) is 0 Å². The van der Waals surface area contributed by atoms with Gasteiger partial charge in [-0.15, -0.1) is 0 Å². The van der Waals surface area contributed by atoms with Crippen LogP contribution in [0.2, 0.25) is 0 Å². The van der Waals surface area contributed by atoms with Crippen molar-refractivity contribution in [3.63, 3.8) is 0 Å². The molecule has 0 radical (unpaired) electrons. The first-order chi connectivity index (χ1) is 18.2. The number of alkyl halides is 3. The zero-order valence-corrected chi connectivity index (χ0v) is 20.2. The van der Waals surface area contributed by atoms with Crippen LogP contribution < -0.4 is 10.1 Å². The van der Waals surface area contributed by atoms with Crippen LogP contribution in [0.3, 0.4) is 0 Å². The normalized spacial score (nSPS) is 14.4. The highest BCUT2D eigenvalue weighted by Gasteiger charge is 2.29. The smallest absolute Gasteiger partial charge is 0.422 e. The Kier molecular flexibility index (Phi) is 6.99. The molecule has 0 saturated carbocycles. The first-order valence-corrected chi connectivity index (χ1v) is 12.1. The lowest BCUT2D eigenvalue weighted by molar-refractivity contribution is -0.154. The van der Waals surface area contributed by atoms with Crippen LogP contribution in [0.25, 0.3) is 11.0 Å². The van der Waals surface area contributed by atoms with Crippen LogP contribution in [-0.4, -0.2) is 57.5 Å². The van der Waals surface area contributed by atoms with Crippen LogP contribution in [0.15, 0.2) is 66.9 Å². The minimum atomic E-state index is -4.50. The molecule has 5 rings (SSSR count). The van der Waals surface area contributed by atoms with E-state index in [4.69, 9.17) is 0 Å². The zero-order valence-electron chi connectivity index (χ0n) is 20.2. The predicted octanol–water partition coefficient (Wildman–Crippen LogP) is 5.17. The Hall–Kier alpha value is -4.41. The highest BCUT2D eigenvalue weighted by atomic mass is 19.4. The zero-order chi connectivity index (χ0) is 26.7. The molecular formula is C27H24F3N5O3. The summed E-state index contributed by atoms with van der Waals surface area (Å²) in [5.74, 6) is -0.608. The molecule has 1 saturated heterocycles. The number of halogens is 3. The number of hydrogen-bond acceptors (Lipinski definition) is 5. The van der Waals surface area contributed by atoms with Crippen LogP contribution in [0.5, 0.6) is 5.88 Å².